The van der Waals surface area contributed by atoms with Gasteiger partial charge in [-0.05, 0) is 23.3 Å². The Morgan fingerprint density at radius 3 is 2.33 bits per heavy atom. The van der Waals surface area contributed by atoms with Gasteiger partial charge in [-0.1, -0.05) is 24.3 Å². The minimum atomic E-state index is -1.84. The number of carbonyl (C=O) groups is 2. The highest BCUT2D eigenvalue weighted by molar-refractivity contribution is 5.90. The maximum absolute atomic E-state index is 12.3. The molecule has 0 bridgehead atoms. The number of hydrogen-bond acceptors (Lipinski definition) is 5. The summed E-state index contributed by atoms with van der Waals surface area (Å²) >= 11 is 0. The Bertz CT molecular complexity index is 703. The van der Waals surface area contributed by atoms with Gasteiger partial charge in [0, 0.05) is 13.1 Å². The molecule has 0 spiro atoms. The number of hydrogen-bond donors (Lipinski definition) is 3. The molecule has 2 heterocycles. The van der Waals surface area contributed by atoms with Crippen LogP contribution in [0.3, 0.4) is 0 Å². The zero-order chi connectivity index (χ0) is 17.1. The third-order valence-electron chi connectivity index (χ3n) is 3.99. The number of carbonyl (C=O) groups excluding carboxylic acids is 2. The molecular formula is C17H18N2O5. The van der Waals surface area contributed by atoms with Gasteiger partial charge in [0.05, 0.1) is 12.8 Å². The van der Waals surface area contributed by atoms with Crippen molar-refractivity contribution in [1.82, 2.24) is 10.2 Å². The Morgan fingerprint density at radius 2 is 1.75 bits per heavy atom. The van der Waals surface area contributed by atoms with Crippen molar-refractivity contribution >= 4 is 11.8 Å². The van der Waals surface area contributed by atoms with Crippen LogP contribution in [-0.4, -0.2) is 39.1 Å². The van der Waals surface area contributed by atoms with Crippen molar-refractivity contribution in [2.75, 3.05) is 0 Å². The van der Waals surface area contributed by atoms with E-state index in [9.17, 15) is 19.8 Å². The van der Waals surface area contributed by atoms with Gasteiger partial charge in [0.15, 0.2) is 12.2 Å². The molecule has 7 nitrogen and oxygen atoms in total. The highest BCUT2D eigenvalue weighted by Crippen LogP contribution is 2.23. The third kappa shape index (κ3) is 3.32. The molecule has 1 aromatic carbocycles. The van der Waals surface area contributed by atoms with Crippen LogP contribution in [0.25, 0.3) is 0 Å². The first-order valence-corrected chi connectivity index (χ1v) is 7.58. The number of fused-ring (bicyclic) bond motifs is 1. The Kier molecular flexibility index (Phi) is 4.64. The molecule has 1 aliphatic rings. The van der Waals surface area contributed by atoms with Crippen molar-refractivity contribution in [3.63, 3.8) is 0 Å². The summed E-state index contributed by atoms with van der Waals surface area (Å²) in [5.41, 5.74) is 1.99. The Balaban J connectivity index is 1.56. The van der Waals surface area contributed by atoms with E-state index in [0.717, 1.165) is 11.1 Å². The van der Waals surface area contributed by atoms with Crippen molar-refractivity contribution in [3.05, 3.63) is 59.5 Å². The van der Waals surface area contributed by atoms with Crippen molar-refractivity contribution < 1.29 is 24.2 Å². The molecule has 2 atom stereocenters. The van der Waals surface area contributed by atoms with Gasteiger partial charge in [0.2, 0.25) is 0 Å². The van der Waals surface area contributed by atoms with E-state index in [1.165, 1.54) is 11.2 Å². The second kappa shape index (κ2) is 6.86. The molecule has 2 amide bonds. The van der Waals surface area contributed by atoms with E-state index < -0.39 is 24.0 Å². The summed E-state index contributed by atoms with van der Waals surface area (Å²) < 4.78 is 5.05. The van der Waals surface area contributed by atoms with E-state index in [1.54, 1.807) is 12.1 Å². The fourth-order valence-corrected chi connectivity index (χ4v) is 2.65. The topological polar surface area (TPSA) is 103 Å². The normalized spacial score (nSPS) is 15.7. The highest BCUT2D eigenvalue weighted by Gasteiger charge is 2.35. The predicted octanol–water partition coefficient (Wildman–Crippen LogP) is 0.160. The first kappa shape index (κ1) is 16.2. The lowest BCUT2D eigenvalue weighted by molar-refractivity contribution is -0.153. The average Bonchev–Trinajstić information content (AvgIpc) is 3.26. The largest absolute Gasteiger partial charge is 0.467 e. The van der Waals surface area contributed by atoms with Crippen LogP contribution in [0.1, 0.15) is 16.9 Å². The van der Waals surface area contributed by atoms with E-state index >= 15 is 0 Å². The number of benzene rings is 1. The molecule has 1 aliphatic heterocycles. The van der Waals surface area contributed by atoms with E-state index in [4.69, 9.17) is 4.42 Å². The van der Waals surface area contributed by atoms with Gasteiger partial charge in [-0.2, -0.15) is 0 Å². The maximum Gasteiger partial charge on any atom is 0.255 e. The smallest absolute Gasteiger partial charge is 0.255 e. The van der Waals surface area contributed by atoms with Gasteiger partial charge in [-0.3, -0.25) is 9.59 Å². The fraction of sp³-hybridized carbons (Fsp3) is 0.294. The molecule has 3 N–H and O–H groups in total. The molecular weight excluding hydrogens is 312 g/mol. The SMILES string of the molecule is O=C(NCc1ccco1)[C@H](O)[C@@H](O)C(=O)N1Cc2ccccc2C1. The van der Waals surface area contributed by atoms with Crippen LogP contribution in [0.4, 0.5) is 0 Å². The Hall–Kier alpha value is -2.64. The molecule has 7 heteroatoms. The van der Waals surface area contributed by atoms with Crippen LogP contribution in [0.2, 0.25) is 0 Å². The lowest BCUT2D eigenvalue weighted by atomic mass is 10.1. The zero-order valence-corrected chi connectivity index (χ0v) is 12.9. The monoisotopic (exact) mass is 330 g/mol. The predicted molar refractivity (Wildman–Crippen MR) is 83.3 cm³/mol. The number of aliphatic hydroxyl groups excluding tert-OH is 2. The van der Waals surface area contributed by atoms with E-state index in [0.29, 0.717) is 18.8 Å². The summed E-state index contributed by atoms with van der Waals surface area (Å²) in [5, 5.41) is 22.4. The summed E-state index contributed by atoms with van der Waals surface area (Å²) in [4.78, 5) is 25.6. The van der Waals surface area contributed by atoms with Gasteiger partial charge < -0.3 is 24.8 Å². The molecule has 126 valence electrons. The lowest BCUT2D eigenvalue weighted by Gasteiger charge is -2.22. The van der Waals surface area contributed by atoms with Gasteiger partial charge in [0.1, 0.15) is 5.76 Å². The summed E-state index contributed by atoms with van der Waals surface area (Å²) in [5.74, 6) is -0.998. The number of furan rings is 1. The first-order valence-electron chi connectivity index (χ1n) is 7.58. The number of aliphatic hydroxyl groups is 2. The second-order valence-corrected chi connectivity index (χ2v) is 5.65. The minimum absolute atomic E-state index is 0.0684. The molecule has 1 aromatic heterocycles. The van der Waals surface area contributed by atoms with Crippen LogP contribution >= 0.6 is 0 Å². The van der Waals surface area contributed by atoms with Crippen LogP contribution in [-0.2, 0) is 29.2 Å². The van der Waals surface area contributed by atoms with Crippen molar-refractivity contribution in [2.45, 2.75) is 31.8 Å². The van der Waals surface area contributed by atoms with Gasteiger partial charge in [-0.15, -0.1) is 0 Å². The fourth-order valence-electron chi connectivity index (χ4n) is 2.65. The average molecular weight is 330 g/mol. The van der Waals surface area contributed by atoms with Crippen LogP contribution in [0, 0.1) is 0 Å². The summed E-state index contributed by atoms with van der Waals surface area (Å²) in [6.45, 7) is 0.776. The zero-order valence-electron chi connectivity index (χ0n) is 12.9. The number of nitrogens with one attached hydrogen (secondary N) is 1. The molecule has 0 saturated carbocycles. The minimum Gasteiger partial charge on any atom is -0.467 e. The first-order chi connectivity index (χ1) is 11.6. The third-order valence-corrected chi connectivity index (χ3v) is 3.99. The lowest BCUT2D eigenvalue weighted by Crippen LogP contribution is -2.49. The Labute approximate surface area is 138 Å². The van der Waals surface area contributed by atoms with E-state index in [1.807, 2.05) is 24.3 Å². The number of amides is 2. The van der Waals surface area contributed by atoms with E-state index in [-0.39, 0.29) is 6.54 Å². The molecule has 0 saturated heterocycles. The standard InChI is InChI=1S/C17H18N2O5/c20-14(16(22)18-8-13-6-3-7-24-13)15(21)17(23)19-9-11-4-1-2-5-12(11)10-19/h1-7,14-15,20-21H,8-10H2,(H,18,22)/t14-,15-/m1/s1. The van der Waals surface area contributed by atoms with E-state index in [2.05, 4.69) is 5.32 Å². The second-order valence-electron chi connectivity index (χ2n) is 5.65. The molecule has 0 fully saturated rings. The maximum atomic E-state index is 12.3. The summed E-state index contributed by atoms with van der Waals surface area (Å²) in [6.07, 6.45) is -2.19. The molecule has 0 aliphatic carbocycles. The summed E-state index contributed by atoms with van der Waals surface area (Å²) in [7, 11) is 0. The number of rotatable bonds is 5. The highest BCUT2D eigenvalue weighted by atomic mass is 16.3. The Morgan fingerprint density at radius 1 is 1.08 bits per heavy atom. The molecule has 24 heavy (non-hydrogen) atoms. The molecule has 3 rings (SSSR count). The van der Waals surface area contributed by atoms with Gasteiger partial charge in [-0.25, -0.2) is 0 Å². The van der Waals surface area contributed by atoms with Crippen molar-refractivity contribution in [1.29, 1.82) is 0 Å². The van der Waals surface area contributed by atoms with Gasteiger partial charge >= 0.3 is 0 Å². The van der Waals surface area contributed by atoms with Crippen molar-refractivity contribution in [3.8, 4) is 0 Å². The molecule has 0 radical (unpaired) electrons. The van der Waals surface area contributed by atoms with Crippen LogP contribution < -0.4 is 5.32 Å². The van der Waals surface area contributed by atoms with Gasteiger partial charge in [0.25, 0.3) is 11.8 Å². The number of nitrogens with zero attached hydrogens (tertiary/aromatic N) is 1. The van der Waals surface area contributed by atoms with Crippen LogP contribution in [0.5, 0.6) is 0 Å². The summed E-state index contributed by atoms with van der Waals surface area (Å²) in [6, 6.07) is 10.9. The van der Waals surface area contributed by atoms with Crippen molar-refractivity contribution in [2.24, 2.45) is 0 Å². The van der Waals surface area contributed by atoms with Crippen LogP contribution in [0.15, 0.2) is 47.1 Å². The quantitative estimate of drug-likeness (QED) is 0.725. The molecule has 2 aromatic rings. The molecule has 0 unspecified atom stereocenters.